The van der Waals surface area contributed by atoms with Crippen LogP contribution in [0.5, 0.6) is 0 Å². The minimum absolute atomic E-state index is 0.0354. The van der Waals surface area contributed by atoms with Crippen LogP contribution in [0.25, 0.3) is 0 Å². The van der Waals surface area contributed by atoms with Crippen molar-refractivity contribution in [1.82, 2.24) is 25.1 Å². The van der Waals surface area contributed by atoms with Gasteiger partial charge >= 0.3 is 0 Å². The average Bonchev–Trinajstić information content (AvgIpc) is 3.28. The van der Waals surface area contributed by atoms with Crippen LogP contribution in [0.1, 0.15) is 46.8 Å². The van der Waals surface area contributed by atoms with E-state index < -0.39 is 0 Å². The first-order chi connectivity index (χ1) is 14.2. The molecule has 1 aliphatic carbocycles. The zero-order valence-corrected chi connectivity index (χ0v) is 16.2. The molecule has 0 spiro atoms. The average molecular weight is 388 g/mol. The molecule has 29 heavy (non-hydrogen) atoms. The molecule has 0 bridgehead atoms. The van der Waals surface area contributed by atoms with E-state index in [2.05, 4.69) is 20.3 Å². The van der Waals surface area contributed by atoms with Gasteiger partial charge in [-0.05, 0) is 49.1 Å². The van der Waals surface area contributed by atoms with E-state index in [0.29, 0.717) is 18.0 Å². The summed E-state index contributed by atoms with van der Waals surface area (Å²) in [7, 11) is 0. The van der Waals surface area contributed by atoms with E-state index in [1.54, 1.807) is 6.20 Å². The van der Waals surface area contributed by atoms with Gasteiger partial charge in [-0.25, -0.2) is 9.97 Å². The monoisotopic (exact) mass is 388 g/mol. The minimum atomic E-state index is -0.0354. The van der Waals surface area contributed by atoms with Gasteiger partial charge in [0.15, 0.2) is 0 Å². The molecule has 2 aromatic heterocycles. The number of hydrogen-bond acceptors (Lipinski definition) is 5. The van der Waals surface area contributed by atoms with Crippen LogP contribution in [0.3, 0.4) is 0 Å². The normalized spacial score (nSPS) is 18.8. The third-order valence-electron chi connectivity index (χ3n) is 5.56. The van der Waals surface area contributed by atoms with Gasteiger partial charge in [-0.2, -0.15) is 5.10 Å². The second-order valence-corrected chi connectivity index (χ2v) is 7.86. The van der Waals surface area contributed by atoms with Crippen LogP contribution in [0, 0.1) is 0 Å². The second-order valence-electron chi connectivity index (χ2n) is 7.86. The Balaban J connectivity index is 1.21. The van der Waals surface area contributed by atoms with Crippen molar-refractivity contribution >= 4 is 11.9 Å². The van der Waals surface area contributed by atoms with Crippen molar-refractivity contribution in [2.75, 3.05) is 18.0 Å². The van der Waals surface area contributed by atoms with Gasteiger partial charge < -0.3 is 10.2 Å². The molecule has 2 aliphatic rings. The number of carbonyl (C=O) groups excluding carboxylic acids is 1. The topological polar surface area (TPSA) is 75.9 Å². The lowest BCUT2D eigenvalue weighted by Gasteiger charge is -2.17. The van der Waals surface area contributed by atoms with E-state index >= 15 is 0 Å². The Bertz CT molecular complexity index is 998. The van der Waals surface area contributed by atoms with Gasteiger partial charge in [0, 0.05) is 54.9 Å². The maximum Gasteiger partial charge on any atom is 0.251 e. The minimum Gasteiger partial charge on any atom is -0.347 e. The van der Waals surface area contributed by atoms with Crippen molar-refractivity contribution < 1.29 is 4.79 Å². The number of rotatable bonds is 6. The summed E-state index contributed by atoms with van der Waals surface area (Å²) < 4.78 is 1.85. The van der Waals surface area contributed by atoms with Gasteiger partial charge in [-0.3, -0.25) is 9.48 Å². The number of nitrogens with one attached hydrogen (secondary N) is 1. The van der Waals surface area contributed by atoms with Gasteiger partial charge in [-0.1, -0.05) is 12.1 Å². The van der Waals surface area contributed by atoms with Crippen LogP contribution in [-0.2, 0) is 6.54 Å². The van der Waals surface area contributed by atoms with Crippen molar-refractivity contribution in [2.45, 2.75) is 37.8 Å². The zero-order valence-electron chi connectivity index (χ0n) is 16.2. The van der Waals surface area contributed by atoms with E-state index in [1.165, 1.54) is 12.8 Å². The third-order valence-corrected chi connectivity index (χ3v) is 5.56. The Labute approximate surface area is 169 Å². The molecule has 1 aromatic carbocycles. The van der Waals surface area contributed by atoms with E-state index in [9.17, 15) is 4.79 Å². The van der Waals surface area contributed by atoms with Crippen LogP contribution in [0.2, 0.25) is 0 Å². The predicted molar refractivity (Wildman–Crippen MR) is 110 cm³/mol. The molecule has 7 heteroatoms. The van der Waals surface area contributed by atoms with E-state index in [4.69, 9.17) is 4.98 Å². The molecule has 3 heterocycles. The van der Waals surface area contributed by atoms with E-state index in [-0.39, 0.29) is 11.9 Å². The zero-order chi connectivity index (χ0) is 19.6. The fourth-order valence-electron chi connectivity index (χ4n) is 3.84. The van der Waals surface area contributed by atoms with Crippen molar-refractivity contribution in [3.8, 4) is 0 Å². The molecular formula is C22H24N6O. The van der Waals surface area contributed by atoms with Gasteiger partial charge in [0.25, 0.3) is 5.91 Å². The molecule has 1 saturated carbocycles. The quantitative estimate of drug-likeness (QED) is 0.703. The number of nitrogens with zero attached hydrogens (tertiary/aromatic N) is 5. The number of carbonyl (C=O) groups is 1. The third kappa shape index (κ3) is 4.13. The number of benzene rings is 1. The number of hydrogen-bond donors (Lipinski definition) is 1. The summed E-state index contributed by atoms with van der Waals surface area (Å²) >= 11 is 0. The van der Waals surface area contributed by atoms with Crippen LogP contribution >= 0.6 is 0 Å². The highest BCUT2D eigenvalue weighted by Gasteiger charge is 2.29. The standard InChI is InChI=1S/C22H24N6O/c29-21(18-4-1-3-16(13-18)14-28-11-2-9-24-28)25-19-8-12-27(15-19)22-23-10-7-20(26-22)17-5-6-17/h1-4,7,9-11,13,17,19H,5-6,8,12,14-15H2,(H,25,29). The van der Waals surface area contributed by atoms with Crippen molar-refractivity contribution in [1.29, 1.82) is 0 Å². The summed E-state index contributed by atoms with van der Waals surface area (Å²) in [4.78, 5) is 24.1. The van der Waals surface area contributed by atoms with E-state index in [1.807, 2.05) is 53.5 Å². The number of aromatic nitrogens is 4. The lowest BCUT2D eigenvalue weighted by Crippen LogP contribution is -2.37. The fraction of sp³-hybridized carbons (Fsp3) is 0.364. The maximum absolute atomic E-state index is 12.8. The molecule has 1 N–H and O–H groups in total. The first kappa shape index (κ1) is 17.8. The van der Waals surface area contributed by atoms with E-state index in [0.717, 1.165) is 36.7 Å². The van der Waals surface area contributed by atoms with Gasteiger partial charge in [0.2, 0.25) is 5.95 Å². The Kier molecular flexibility index (Phi) is 4.71. The molecule has 1 atom stereocenters. The van der Waals surface area contributed by atoms with Crippen LogP contribution in [0.4, 0.5) is 5.95 Å². The van der Waals surface area contributed by atoms with Crippen molar-refractivity contribution in [3.05, 3.63) is 71.8 Å². The Morgan fingerprint density at radius 1 is 1.14 bits per heavy atom. The molecular weight excluding hydrogens is 364 g/mol. The van der Waals surface area contributed by atoms with Gasteiger partial charge in [0.1, 0.15) is 0 Å². The van der Waals surface area contributed by atoms with Gasteiger partial charge in [0.05, 0.1) is 6.54 Å². The fourth-order valence-corrected chi connectivity index (χ4v) is 3.84. The predicted octanol–water partition coefficient (Wildman–Crippen LogP) is 2.61. The molecule has 1 unspecified atom stereocenters. The van der Waals surface area contributed by atoms with Crippen molar-refractivity contribution in [2.24, 2.45) is 0 Å². The first-order valence-corrected chi connectivity index (χ1v) is 10.2. The van der Waals surface area contributed by atoms with Crippen LogP contribution < -0.4 is 10.2 Å². The lowest BCUT2D eigenvalue weighted by molar-refractivity contribution is 0.0940. The second kappa shape index (κ2) is 7.66. The first-order valence-electron chi connectivity index (χ1n) is 10.2. The highest BCUT2D eigenvalue weighted by Crippen LogP contribution is 2.39. The van der Waals surface area contributed by atoms with Gasteiger partial charge in [-0.15, -0.1) is 0 Å². The SMILES string of the molecule is O=C(NC1CCN(c2nccc(C3CC3)n2)C1)c1cccc(Cn2cccn2)c1. The Morgan fingerprint density at radius 2 is 2.07 bits per heavy atom. The van der Waals surface area contributed by atoms with Crippen LogP contribution in [0.15, 0.2) is 55.0 Å². The highest BCUT2D eigenvalue weighted by atomic mass is 16.1. The summed E-state index contributed by atoms with van der Waals surface area (Å²) in [6.07, 6.45) is 8.89. The Morgan fingerprint density at radius 3 is 2.90 bits per heavy atom. The number of anilines is 1. The number of amides is 1. The molecule has 148 valence electrons. The summed E-state index contributed by atoms with van der Waals surface area (Å²) in [6, 6.07) is 11.7. The molecule has 1 aliphatic heterocycles. The lowest BCUT2D eigenvalue weighted by atomic mass is 10.1. The largest absolute Gasteiger partial charge is 0.347 e. The summed E-state index contributed by atoms with van der Waals surface area (Å²) in [5.74, 6) is 1.36. The molecule has 1 amide bonds. The van der Waals surface area contributed by atoms with Crippen molar-refractivity contribution in [3.63, 3.8) is 0 Å². The van der Waals surface area contributed by atoms with Crippen LogP contribution in [-0.4, -0.2) is 44.8 Å². The smallest absolute Gasteiger partial charge is 0.251 e. The maximum atomic E-state index is 12.8. The highest BCUT2D eigenvalue weighted by molar-refractivity contribution is 5.94. The Hall–Kier alpha value is -3.22. The molecule has 5 rings (SSSR count). The molecule has 0 radical (unpaired) electrons. The molecule has 3 aromatic rings. The molecule has 2 fully saturated rings. The molecule has 1 saturated heterocycles. The summed E-state index contributed by atoms with van der Waals surface area (Å²) in [5, 5.41) is 7.40. The summed E-state index contributed by atoms with van der Waals surface area (Å²) in [5.41, 5.74) is 2.89. The summed E-state index contributed by atoms with van der Waals surface area (Å²) in [6.45, 7) is 2.26. The molecule has 7 nitrogen and oxygen atoms in total.